The number of aromatic nitrogens is 3. The normalized spacial score (nSPS) is 12.8. The van der Waals surface area contributed by atoms with E-state index in [1.54, 1.807) is 6.07 Å². The van der Waals surface area contributed by atoms with Gasteiger partial charge in [-0.15, -0.1) is 0 Å². The Kier molecular flexibility index (Phi) is 8.19. The second-order valence-electron chi connectivity index (χ2n) is 14.9. The summed E-state index contributed by atoms with van der Waals surface area (Å²) in [6, 6.07) is 69.1. The van der Waals surface area contributed by atoms with Crippen LogP contribution in [-0.2, 0) is 5.60 Å². The van der Waals surface area contributed by atoms with Crippen LogP contribution >= 0.6 is 0 Å². The van der Waals surface area contributed by atoms with Gasteiger partial charge in [0.1, 0.15) is 11.6 Å². The third kappa shape index (κ3) is 6.03. The van der Waals surface area contributed by atoms with Crippen LogP contribution in [0.15, 0.2) is 206 Å². The molecule has 0 amide bonds. The third-order valence-electron chi connectivity index (χ3n) is 11.3. The van der Waals surface area contributed by atoms with Crippen LogP contribution in [0, 0.1) is 5.82 Å². The van der Waals surface area contributed by atoms with Gasteiger partial charge >= 0.3 is 0 Å². The second-order valence-corrected chi connectivity index (χ2v) is 14.9. The van der Waals surface area contributed by atoms with E-state index < -0.39 is 11.4 Å². The summed E-state index contributed by atoms with van der Waals surface area (Å²) >= 11 is 0. The Morgan fingerprint density at radius 1 is 0.356 bits per heavy atom. The smallest absolute Gasteiger partial charge is 0.185 e. The minimum absolute atomic E-state index is 0.377. The van der Waals surface area contributed by atoms with Gasteiger partial charge in [0.15, 0.2) is 23.1 Å². The zero-order valence-electron chi connectivity index (χ0n) is 31.8. The molecule has 1 aliphatic rings. The molecule has 0 spiro atoms. The molecule has 0 unspecified atom stereocenters. The monoisotopic (exact) mass is 759 g/mol. The van der Waals surface area contributed by atoms with Gasteiger partial charge < -0.3 is 4.74 Å². The van der Waals surface area contributed by atoms with E-state index in [1.165, 1.54) is 6.07 Å². The molecule has 1 aliphatic heterocycles. The van der Waals surface area contributed by atoms with Crippen LogP contribution < -0.4 is 4.74 Å². The van der Waals surface area contributed by atoms with Gasteiger partial charge in [-0.25, -0.2) is 19.3 Å². The van der Waals surface area contributed by atoms with Crippen LogP contribution in [0.5, 0.6) is 5.75 Å². The van der Waals surface area contributed by atoms with Gasteiger partial charge in [-0.1, -0.05) is 170 Å². The quantitative estimate of drug-likeness (QED) is 0.169. The van der Waals surface area contributed by atoms with Gasteiger partial charge in [0.25, 0.3) is 0 Å². The number of rotatable bonds is 6. The molecule has 0 aliphatic carbocycles. The van der Waals surface area contributed by atoms with Crippen molar-refractivity contribution in [3.63, 3.8) is 0 Å². The van der Waals surface area contributed by atoms with Gasteiger partial charge in [0, 0.05) is 38.9 Å². The average Bonchev–Trinajstić information content (AvgIpc) is 3.31. The molecule has 1 aromatic heterocycles. The van der Waals surface area contributed by atoms with E-state index in [2.05, 4.69) is 103 Å². The van der Waals surface area contributed by atoms with E-state index in [4.69, 9.17) is 19.7 Å². The predicted molar refractivity (Wildman–Crippen MR) is 235 cm³/mol. The molecule has 0 saturated heterocycles. The first kappa shape index (κ1) is 34.5. The zero-order valence-corrected chi connectivity index (χ0v) is 31.8. The van der Waals surface area contributed by atoms with Crippen LogP contribution in [0.2, 0.25) is 0 Å². The first-order chi connectivity index (χ1) is 29.1. The molecule has 0 fully saturated rings. The van der Waals surface area contributed by atoms with Crippen molar-refractivity contribution < 1.29 is 9.13 Å². The third-order valence-corrected chi connectivity index (χ3v) is 11.3. The lowest BCUT2D eigenvalue weighted by Crippen LogP contribution is -2.38. The van der Waals surface area contributed by atoms with Crippen LogP contribution in [0.1, 0.15) is 16.7 Å². The second kappa shape index (κ2) is 14.0. The SMILES string of the molecule is Fc1cc(-c2ccc3c(c2)OC(c2ccccc2)(c2ccccc2)c2ccccc2-3)cc(-c2nc(-c3ccc4ccccc4c3)nc(-c3ccc4ccccc4c3)n2)c1. The van der Waals surface area contributed by atoms with Crippen molar-refractivity contribution in [1.82, 2.24) is 15.0 Å². The van der Waals surface area contributed by atoms with Gasteiger partial charge in [0.2, 0.25) is 0 Å². The largest absolute Gasteiger partial charge is 0.472 e. The highest BCUT2D eigenvalue weighted by atomic mass is 19.1. The highest BCUT2D eigenvalue weighted by Crippen LogP contribution is 2.52. The van der Waals surface area contributed by atoms with E-state index in [9.17, 15) is 0 Å². The van der Waals surface area contributed by atoms with Gasteiger partial charge in [-0.3, -0.25) is 0 Å². The lowest BCUT2D eigenvalue weighted by Gasteiger charge is -2.41. The maximum Gasteiger partial charge on any atom is 0.185 e. The highest BCUT2D eigenvalue weighted by Gasteiger charge is 2.44. The van der Waals surface area contributed by atoms with Gasteiger partial charge in [0.05, 0.1) is 0 Å². The number of ether oxygens (including phenoxy) is 1. The van der Waals surface area contributed by atoms with E-state index in [1.807, 2.05) is 91.0 Å². The molecule has 0 saturated carbocycles. The van der Waals surface area contributed by atoms with E-state index in [-0.39, 0.29) is 0 Å². The number of fused-ring (bicyclic) bond motifs is 5. The maximum absolute atomic E-state index is 16.0. The molecule has 5 heteroatoms. The molecule has 0 atom stereocenters. The highest BCUT2D eigenvalue weighted by molar-refractivity contribution is 5.89. The van der Waals surface area contributed by atoms with Crippen molar-refractivity contribution in [2.75, 3.05) is 0 Å². The molecule has 4 nitrogen and oxygen atoms in total. The molecule has 0 radical (unpaired) electrons. The molecule has 11 rings (SSSR count). The summed E-state index contributed by atoms with van der Waals surface area (Å²) in [5.74, 6) is 1.70. The number of halogens is 1. The minimum atomic E-state index is -0.916. The Balaban J connectivity index is 1.06. The molecule has 0 bridgehead atoms. The van der Waals surface area contributed by atoms with Crippen molar-refractivity contribution in [2.24, 2.45) is 0 Å². The van der Waals surface area contributed by atoms with Crippen molar-refractivity contribution in [1.29, 1.82) is 0 Å². The van der Waals surface area contributed by atoms with E-state index >= 15 is 4.39 Å². The summed E-state index contributed by atoms with van der Waals surface area (Å²) < 4.78 is 23.3. The summed E-state index contributed by atoms with van der Waals surface area (Å²) in [6.45, 7) is 0. The first-order valence-electron chi connectivity index (χ1n) is 19.7. The number of hydrogen-bond acceptors (Lipinski definition) is 4. The number of hydrogen-bond donors (Lipinski definition) is 0. The Bertz CT molecular complexity index is 3080. The average molecular weight is 760 g/mol. The van der Waals surface area contributed by atoms with Crippen LogP contribution in [0.4, 0.5) is 4.39 Å². The molecular weight excluding hydrogens is 726 g/mol. The molecule has 2 heterocycles. The summed E-state index contributed by atoms with van der Waals surface area (Å²) in [7, 11) is 0. The van der Waals surface area contributed by atoms with Crippen molar-refractivity contribution in [3.8, 4) is 62.2 Å². The predicted octanol–water partition coefficient (Wildman–Crippen LogP) is 13.3. The maximum atomic E-state index is 16.0. The summed E-state index contributed by atoms with van der Waals surface area (Å²) in [4.78, 5) is 15.0. The molecular formula is C54H34FN3O. The van der Waals surface area contributed by atoms with Crippen molar-refractivity contribution in [3.05, 3.63) is 229 Å². The fourth-order valence-corrected chi connectivity index (χ4v) is 8.50. The fraction of sp³-hybridized carbons (Fsp3) is 0.0185. The zero-order chi connectivity index (χ0) is 39.3. The number of nitrogens with zero attached hydrogens (tertiary/aromatic N) is 3. The van der Waals surface area contributed by atoms with E-state index in [0.29, 0.717) is 34.3 Å². The summed E-state index contributed by atoms with van der Waals surface area (Å²) in [5, 5.41) is 4.40. The van der Waals surface area contributed by atoms with Gasteiger partial charge in [-0.05, 0) is 74.6 Å². The van der Waals surface area contributed by atoms with Crippen LogP contribution in [0.3, 0.4) is 0 Å². The summed E-state index contributed by atoms with van der Waals surface area (Å²) in [5.41, 5.74) is 7.94. The number of benzene rings is 9. The van der Waals surface area contributed by atoms with Gasteiger partial charge in [-0.2, -0.15) is 0 Å². The van der Waals surface area contributed by atoms with Crippen molar-refractivity contribution in [2.45, 2.75) is 5.60 Å². The lowest BCUT2D eigenvalue weighted by atomic mass is 9.75. The Morgan fingerprint density at radius 3 is 1.46 bits per heavy atom. The standard InChI is InChI=1S/C54H34FN3O/c55-46-32-42(39-27-28-48-47-21-11-12-22-49(47)54(59-50(48)34-39,44-17-3-1-4-18-44)45-19-5-2-6-20-45)31-43(33-46)53-57-51(40-25-23-35-13-7-9-15-37(35)29-40)56-52(58-53)41-26-24-36-14-8-10-16-38(36)30-41/h1-34H. The summed E-state index contributed by atoms with van der Waals surface area (Å²) in [6.07, 6.45) is 0. The molecule has 0 N–H and O–H groups in total. The molecule has 9 aromatic carbocycles. The Morgan fingerprint density at radius 2 is 0.847 bits per heavy atom. The Labute approximate surface area is 340 Å². The van der Waals surface area contributed by atoms with E-state index in [0.717, 1.165) is 66.1 Å². The minimum Gasteiger partial charge on any atom is -0.472 e. The van der Waals surface area contributed by atoms with Crippen LogP contribution in [-0.4, -0.2) is 15.0 Å². The lowest BCUT2D eigenvalue weighted by molar-refractivity contribution is 0.152. The van der Waals surface area contributed by atoms with Crippen molar-refractivity contribution >= 4 is 21.5 Å². The Hall–Kier alpha value is -7.76. The molecule has 59 heavy (non-hydrogen) atoms. The molecule has 10 aromatic rings. The topological polar surface area (TPSA) is 47.9 Å². The first-order valence-corrected chi connectivity index (χ1v) is 19.7. The molecule has 278 valence electrons. The fourth-order valence-electron chi connectivity index (χ4n) is 8.50. The van der Waals surface area contributed by atoms with Crippen LogP contribution in [0.25, 0.3) is 78.0 Å².